The molecule has 0 saturated carbocycles. The van der Waals surface area contributed by atoms with Gasteiger partial charge in [-0.15, -0.1) is 0 Å². The summed E-state index contributed by atoms with van der Waals surface area (Å²) in [5.74, 6) is 1.06. The molecule has 0 aliphatic heterocycles. The Bertz CT molecular complexity index is 340. The van der Waals surface area contributed by atoms with Gasteiger partial charge < -0.3 is 0 Å². The third-order valence-corrected chi connectivity index (χ3v) is 5.44. The van der Waals surface area contributed by atoms with Crippen LogP contribution >= 0.6 is 49.2 Å². The van der Waals surface area contributed by atoms with E-state index in [4.69, 9.17) is 0 Å². The Balaban J connectivity index is 4.37. The molecule has 4 nitrogen and oxygen atoms in total. The van der Waals surface area contributed by atoms with Crippen molar-refractivity contribution in [1.82, 2.24) is 9.44 Å². The van der Waals surface area contributed by atoms with Gasteiger partial charge in [-0.1, -0.05) is 0 Å². The first-order valence-corrected chi connectivity index (χ1v) is 8.98. The van der Waals surface area contributed by atoms with Crippen molar-refractivity contribution in [2.24, 2.45) is 0 Å². The van der Waals surface area contributed by atoms with E-state index in [-0.39, 0.29) is 23.7 Å². The van der Waals surface area contributed by atoms with Crippen molar-refractivity contribution < 1.29 is 9.59 Å². The fraction of sp³-hybridized carbons (Fsp3) is 0.667. The van der Waals surface area contributed by atoms with Crippen LogP contribution in [0.25, 0.3) is 0 Å². The van der Waals surface area contributed by atoms with E-state index in [9.17, 15) is 9.59 Å². The van der Waals surface area contributed by atoms with E-state index in [1.807, 2.05) is 13.8 Å². The zero-order valence-electron chi connectivity index (χ0n) is 12.1. The molecular weight excluding hydrogens is 332 g/mol. The van der Waals surface area contributed by atoms with Gasteiger partial charge in [-0.3, -0.25) is 9.59 Å². The second-order valence-corrected chi connectivity index (χ2v) is 7.08. The molecule has 0 aromatic heterocycles. The minimum Gasteiger partial charge on any atom is -0.298 e. The van der Waals surface area contributed by atoms with E-state index in [1.54, 1.807) is 13.8 Å². The van der Waals surface area contributed by atoms with E-state index in [0.29, 0.717) is 11.5 Å². The minimum absolute atomic E-state index is 0.0652. The molecule has 0 saturated heterocycles. The quantitative estimate of drug-likeness (QED) is 0.357. The average Bonchev–Trinajstić information content (AvgIpc) is 2.38. The van der Waals surface area contributed by atoms with Crippen LogP contribution in [-0.2, 0) is 9.59 Å². The van der Waals surface area contributed by atoms with Crippen LogP contribution in [0.5, 0.6) is 0 Å². The number of Topliss-reactive ketones (excluding diaryl/α,β-unsaturated/α-hetero) is 2. The summed E-state index contributed by atoms with van der Waals surface area (Å²) in [7, 11) is 0. The third kappa shape index (κ3) is 7.99. The highest BCUT2D eigenvalue weighted by molar-refractivity contribution is 8.05. The van der Waals surface area contributed by atoms with E-state index >= 15 is 0 Å². The molecule has 0 amide bonds. The number of carbonyl (C=O) groups is 2. The van der Waals surface area contributed by atoms with Gasteiger partial charge in [0.05, 0.1) is 12.1 Å². The minimum atomic E-state index is -0.258. The van der Waals surface area contributed by atoms with Gasteiger partial charge in [-0.2, -0.15) is 25.3 Å². The van der Waals surface area contributed by atoms with Gasteiger partial charge in [0.25, 0.3) is 0 Å². The van der Waals surface area contributed by atoms with Crippen LogP contribution in [0, 0.1) is 0 Å². The van der Waals surface area contributed by atoms with Gasteiger partial charge >= 0.3 is 0 Å². The molecular formula is C12H22N2O2S4. The number of hydrogen-bond donors (Lipinski definition) is 4. The average molecular weight is 355 g/mol. The van der Waals surface area contributed by atoms with Crippen molar-refractivity contribution in [2.45, 2.75) is 39.8 Å². The van der Waals surface area contributed by atoms with E-state index in [0.717, 1.165) is 9.81 Å². The zero-order chi connectivity index (χ0) is 15.7. The summed E-state index contributed by atoms with van der Waals surface area (Å²) in [6.07, 6.45) is 0. The fourth-order valence-corrected chi connectivity index (χ4v) is 3.58. The number of thiol groups is 2. The second-order valence-electron chi connectivity index (χ2n) is 4.24. The molecule has 0 aliphatic rings. The molecule has 20 heavy (non-hydrogen) atoms. The Morgan fingerprint density at radius 2 is 1.15 bits per heavy atom. The van der Waals surface area contributed by atoms with Gasteiger partial charge in [-0.25, -0.2) is 9.44 Å². The number of nitrogens with one attached hydrogen (secondary N) is 2. The lowest BCUT2D eigenvalue weighted by Crippen LogP contribution is -2.33. The van der Waals surface area contributed by atoms with Crippen LogP contribution in [0.2, 0.25) is 0 Å². The third-order valence-electron chi connectivity index (χ3n) is 2.55. The van der Waals surface area contributed by atoms with E-state index < -0.39 is 0 Å². The van der Waals surface area contributed by atoms with Crippen molar-refractivity contribution in [3.05, 3.63) is 9.81 Å². The van der Waals surface area contributed by atoms with Crippen LogP contribution in [0.3, 0.4) is 0 Å². The zero-order valence-corrected chi connectivity index (χ0v) is 15.5. The summed E-state index contributed by atoms with van der Waals surface area (Å²) in [5, 5.41) is 0. The number of rotatable bonds is 10. The number of allylic oxidation sites excluding steroid dienone is 2. The molecule has 0 bridgehead atoms. The largest absolute Gasteiger partial charge is 0.298 e. The maximum Gasteiger partial charge on any atom is 0.148 e. The first-order chi connectivity index (χ1) is 9.33. The van der Waals surface area contributed by atoms with Crippen molar-refractivity contribution in [2.75, 3.05) is 11.5 Å². The predicted molar refractivity (Wildman–Crippen MR) is 96.5 cm³/mol. The monoisotopic (exact) mass is 354 g/mol. The van der Waals surface area contributed by atoms with Gasteiger partial charge in [0.15, 0.2) is 0 Å². The fourth-order valence-electron chi connectivity index (χ4n) is 0.960. The van der Waals surface area contributed by atoms with E-state index in [1.165, 1.54) is 23.9 Å². The predicted octanol–water partition coefficient (Wildman–Crippen LogP) is 2.49. The molecule has 0 aromatic rings. The maximum absolute atomic E-state index is 11.3. The Kier molecular flexibility index (Phi) is 11.3. The number of hydrogen-bond acceptors (Lipinski definition) is 8. The molecule has 0 rings (SSSR count). The summed E-state index contributed by atoms with van der Waals surface area (Å²) >= 11 is 11.1. The second kappa shape index (κ2) is 11.0. The summed E-state index contributed by atoms with van der Waals surface area (Å²) in [6, 6.07) is -0.516. The number of ketones is 2. The normalized spacial score (nSPS) is 15.5. The van der Waals surface area contributed by atoms with Gasteiger partial charge in [0, 0.05) is 21.3 Å². The summed E-state index contributed by atoms with van der Waals surface area (Å²) < 4.78 is 6.17. The highest BCUT2D eigenvalue weighted by Crippen LogP contribution is 2.24. The Hall–Kier alpha value is 0.400. The topological polar surface area (TPSA) is 58.2 Å². The molecule has 2 atom stereocenters. The van der Waals surface area contributed by atoms with Crippen molar-refractivity contribution in [3.63, 3.8) is 0 Å². The molecule has 0 aliphatic carbocycles. The first-order valence-electron chi connectivity index (χ1n) is 6.08. The highest BCUT2D eigenvalue weighted by atomic mass is 32.2. The molecule has 0 heterocycles. The molecule has 0 spiro atoms. The lowest BCUT2D eigenvalue weighted by atomic mass is 10.3. The van der Waals surface area contributed by atoms with Crippen LogP contribution in [0.15, 0.2) is 9.81 Å². The Morgan fingerprint density at radius 3 is 1.35 bits per heavy atom. The van der Waals surface area contributed by atoms with E-state index in [2.05, 4.69) is 34.7 Å². The lowest BCUT2D eigenvalue weighted by Gasteiger charge is -2.16. The number of carbonyl (C=O) groups excluding carboxylic acids is 2. The lowest BCUT2D eigenvalue weighted by molar-refractivity contribution is -0.118. The highest BCUT2D eigenvalue weighted by Gasteiger charge is 2.14. The van der Waals surface area contributed by atoms with Crippen molar-refractivity contribution in [3.8, 4) is 0 Å². The summed E-state index contributed by atoms with van der Waals surface area (Å²) in [4.78, 5) is 24.6. The van der Waals surface area contributed by atoms with Gasteiger partial charge in [-0.05, 0) is 51.6 Å². The van der Waals surface area contributed by atoms with Gasteiger partial charge in [0.1, 0.15) is 11.6 Å². The Morgan fingerprint density at radius 1 is 0.850 bits per heavy atom. The maximum atomic E-state index is 11.3. The molecule has 116 valence electrons. The van der Waals surface area contributed by atoms with Crippen LogP contribution in [0.4, 0.5) is 0 Å². The molecule has 0 fully saturated rings. The van der Waals surface area contributed by atoms with Crippen LogP contribution in [0.1, 0.15) is 27.7 Å². The van der Waals surface area contributed by atoms with Crippen LogP contribution < -0.4 is 9.44 Å². The first kappa shape index (κ1) is 20.4. The molecule has 2 N–H and O–H groups in total. The molecule has 0 radical (unpaired) electrons. The SMILES string of the molecule is CC(=O)[C@H](CS)NS/C(C)=C(/C)SN[C@@H](CS)C(C)=O. The smallest absolute Gasteiger partial charge is 0.148 e. The Labute approximate surface area is 140 Å². The van der Waals surface area contributed by atoms with Crippen molar-refractivity contribution >= 4 is 60.7 Å². The summed E-state index contributed by atoms with van der Waals surface area (Å²) in [6.45, 7) is 7.00. The summed E-state index contributed by atoms with van der Waals surface area (Å²) in [5.41, 5.74) is 0. The molecule has 0 unspecified atom stereocenters. The van der Waals surface area contributed by atoms with Crippen LogP contribution in [-0.4, -0.2) is 35.2 Å². The van der Waals surface area contributed by atoms with Gasteiger partial charge in [0.2, 0.25) is 0 Å². The van der Waals surface area contributed by atoms with Crippen molar-refractivity contribution in [1.29, 1.82) is 0 Å². The standard InChI is InChI=1S/C12H22N2O2S4/c1-7(15)11(5-17)13-19-9(3)10(4)20-14-12(6-18)8(2)16/h11-14,17-18H,5-6H2,1-4H3/b10-9-/t11-,12-/m0/s1. The molecule has 0 aromatic carbocycles. The molecule has 8 heteroatoms.